The lowest BCUT2D eigenvalue weighted by Crippen LogP contribution is -2.57. The van der Waals surface area contributed by atoms with Crippen molar-refractivity contribution in [1.82, 2.24) is 9.47 Å². The summed E-state index contributed by atoms with van der Waals surface area (Å²) < 4.78 is 1.81. The maximum Gasteiger partial charge on any atom is 0.251 e. The molecule has 6 nitrogen and oxygen atoms in total. The molecule has 7 heteroatoms. The Balaban J connectivity index is 1.78. The van der Waals surface area contributed by atoms with Crippen molar-refractivity contribution >= 4 is 34.3 Å². The van der Waals surface area contributed by atoms with Gasteiger partial charge in [-0.05, 0) is 36.4 Å². The standard InChI is InChI=1S/C16H18ClN3O3/c17-12-3-2-11-4-7-19(13(11)8-12)9-14(21)20-6-1-5-16(23,10-20)15(18)22/h2-4,7-8,23H,1,5-6,9-10H2,(H2,18,22)/t16-/m0/s1. The topological polar surface area (TPSA) is 88.6 Å². The Labute approximate surface area is 138 Å². The molecule has 0 unspecified atom stereocenters. The molecule has 2 aromatic rings. The number of aliphatic hydroxyl groups is 1. The Morgan fingerprint density at radius 2 is 2.13 bits per heavy atom. The van der Waals surface area contributed by atoms with Crippen LogP contribution in [0.5, 0.6) is 0 Å². The third kappa shape index (κ3) is 3.04. The third-order valence-electron chi connectivity index (χ3n) is 4.32. The number of primary amides is 1. The van der Waals surface area contributed by atoms with Crippen molar-refractivity contribution in [2.24, 2.45) is 5.73 Å². The fourth-order valence-corrected chi connectivity index (χ4v) is 3.16. The number of nitrogens with two attached hydrogens (primary N) is 1. The van der Waals surface area contributed by atoms with E-state index in [-0.39, 0.29) is 25.4 Å². The highest BCUT2D eigenvalue weighted by atomic mass is 35.5. The zero-order valence-electron chi connectivity index (χ0n) is 12.5. The van der Waals surface area contributed by atoms with Gasteiger partial charge >= 0.3 is 0 Å². The molecule has 3 rings (SSSR count). The Morgan fingerprint density at radius 3 is 2.87 bits per heavy atom. The Morgan fingerprint density at radius 1 is 1.35 bits per heavy atom. The largest absolute Gasteiger partial charge is 0.378 e. The van der Waals surface area contributed by atoms with Crippen LogP contribution in [0.4, 0.5) is 0 Å². The number of carbonyl (C=O) groups is 2. The van der Waals surface area contributed by atoms with Crippen LogP contribution in [0, 0.1) is 0 Å². The maximum atomic E-state index is 12.5. The molecule has 122 valence electrons. The summed E-state index contributed by atoms with van der Waals surface area (Å²) in [5, 5.41) is 11.8. The van der Waals surface area contributed by atoms with Crippen LogP contribution in [0.25, 0.3) is 10.9 Å². The van der Waals surface area contributed by atoms with Crippen LogP contribution >= 0.6 is 11.6 Å². The molecule has 1 aliphatic heterocycles. The Hall–Kier alpha value is -2.05. The predicted molar refractivity (Wildman–Crippen MR) is 86.9 cm³/mol. The Bertz CT molecular complexity index is 773. The van der Waals surface area contributed by atoms with E-state index in [0.29, 0.717) is 18.0 Å². The number of halogens is 1. The quantitative estimate of drug-likeness (QED) is 0.881. The van der Waals surface area contributed by atoms with E-state index >= 15 is 0 Å². The van der Waals surface area contributed by atoms with Crippen molar-refractivity contribution in [3.63, 3.8) is 0 Å². The van der Waals surface area contributed by atoms with Crippen LogP contribution in [-0.2, 0) is 16.1 Å². The number of carbonyl (C=O) groups excluding carboxylic acids is 2. The van der Waals surface area contributed by atoms with E-state index < -0.39 is 11.5 Å². The molecular formula is C16H18ClN3O3. The molecule has 0 saturated carbocycles. The van der Waals surface area contributed by atoms with Crippen molar-refractivity contribution in [1.29, 1.82) is 0 Å². The van der Waals surface area contributed by atoms with Gasteiger partial charge in [0.25, 0.3) is 5.91 Å². The first kappa shape index (κ1) is 15.8. The second-order valence-corrected chi connectivity index (χ2v) is 6.40. The number of rotatable bonds is 3. The van der Waals surface area contributed by atoms with E-state index in [1.54, 1.807) is 12.1 Å². The molecule has 1 aromatic carbocycles. The zero-order valence-corrected chi connectivity index (χ0v) is 13.3. The minimum absolute atomic E-state index is 0.0544. The average molecular weight is 336 g/mol. The lowest BCUT2D eigenvalue weighted by Gasteiger charge is -2.37. The number of benzene rings is 1. The lowest BCUT2D eigenvalue weighted by atomic mass is 9.92. The van der Waals surface area contributed by atoms with Gasteiger partial charge in [-0.2, -0.15) is 0 Å². The molecule has 23 heavy (non-hydrogen) atoms. The van der Waals surface area contributed by atoms with E-state index in [9.17, 15) is 14.7 Å². The number of likely N-dealkylation sites (tertiary alicyclic amines) is 1. The molecule has 1 aliphatic rings. The number of hydrogen-bond acceptors (Lipinski definition) is 3. The van der Waals surface area contributed by atoms with Crippen molar-refractivity contribution in [3.8, 4) is 0 Å². The predicted octanol–water partition coefficient (Wildman–Crippen LogP) is 1.13. The summed E-state index contributed by atoms with van der Waals surface area (Å²) in [7, 11) is 0. The van der Waals surface area contributed by atoms with Gasteiger partial charge in [0.05, 0.1) is 6.54 Å². The van der Waals surface area contributed by atoms with E-state index in [1.165, 1.54) is 4.90 Å². The monoisotopic (exact) mass is 335 g/mol. The van der Waals surface area contributed by atoms with E-state index in [1.807, 2.05) is 22.9 Å². The fourth-order valence-electron chi connectivity index (χ4n) is 2.99. The van der Waals surface area contributed by atoms with Gasteiger partial charge in [0.1, 0.15) is 6.54 Å². The second kappa shape index (κ2) is 5.86. The van der Waals surface area contributed by atoms with Gasteiger partial charge in [-0.25, -0.2) is 0 Å². The van der Waals surface area contributed by atoms with E-state index in [2.05, 4.69) is 0 Å². The summed E-state index contributed by atoms with van der Waals surface area (Å²) in [6, 6.07) is 7.41. The average Bonchev–Trinajstić information content (AvgIpc) is 2.89. The highest BCUT2D eigenvalue weighted by Gasteiger charge is 2.40. The molecule has 1 fully saturated rings. The van der Waals surface area contributed by atoms with Gasteiger partial charge in [-0.1, -0.05) is 17.7 Å². The molecule has 1 aromatic heterocycles. The number of β-amino-alcohol motifs (C(OH)–C–C–N with tert-alkyl or cyclic N) is 1. The van der Waals surface area contributed by atoms with Gasteiger partial charge in [0.15, 0.2) is 5.60 Å². The van der Waals surface area contributed by atoms with Gasteiger partial charge in [-0.3, -0.25) is 9.59 Å². The van der Waals surface area contributed by atoms with Crippen molar-refractivity contribution in [2.75, 3.05) is 13.1 Å². The summed E-state index contributed by atoms with van der Waals surface area (Å²) in [5.41, 5.74) is 4.48. The number of nitrogens with zero attached hydrogens (tertiary/aromatic N) is 2. The highest BCUT2D eigenvalue weighted by molar-refractivity contribution is 6.31. The SMILES string of the molecule is NC(=O)[C@]1(O)CCCN(C(=O)Cn2ccc3ccc(Cl)cc32)C1. The minimum atomic E-state index is -1.63. The molecule has 0 aliphatic carbocycles. The first-order chi connectivity index (χ1) is 10.9. The number of aromatic nitrogens is 1. The maximum absolute atomic E-state index is 12.5. The van der Waals surface area contributed by atoms with Crippen molar-refractivity contribution in [3.05, 3.63) is 35.5 Å². The van der Waals surface area contributed by atoms with E-state index in [0.717, 1.165) is 10.9 Å². The highest BCUT2D eigenvalue weighted by Crippen LogP contribution is 2.23. The second-order valence-electron chi connectivity index (χ2n) is 5.96. The van der Waals surface area contributed by atoms with Crippen molar-refractivity contribution in [2.45, 2.75) is 25.0 Å². The van der Waals surface area contributed by atoms with E-state index in [4.69, 9.17) is 17.3 Å². The fraction of sp³-hybridized carbons (Fsp3) is 0.375. The number of amides is 2. The molecule has 2 amide bonds. The molecule has 0 bridgehead atoms. The van der Waals surface area contributed by atoms with Crippen LogP contribution in [0.3, 0.4) is 0 Å². The van der Waals surface area contributed by atoms with Crippen molar-refractivity contribution < 1.29 is 14.7 Å². The number of fused-ring (bicyclic) bond motifs is 1. The molecule has 2 heterocycles. The van der Waals surface area contributed by atoms with Crippen LogP contribution < -0.4 is 5.73 Å². The van der Waals surface area contributed by atoms with Gasteiger partial charge in [0, 0.05) is 23.3 Å². The summed E-state index contributed by atoms with van der Waals surface area (Å²) in [6.07, 6.45) is 2.65. The molecule has 1 saturated heterocycles. The van der Waals surface area contributed by atoms with Crippen LogP contribution in [-0.4, -0.2) is 45.1 Å². The number of piperidine rings is 1. The molecular weight excluding hydrogens is 318 g/mol. The van der Waals surface area contributed by atoms with Gasteiger partial charge < -0.3 is 20.3 Å². The summed E-state index contributed by atoms with van der Waals surface area (Å²) in [4.78, 5) is 25.4. The minimum Gasteiger partial charge on any atom is -0.378 e. The molecule has 1 atom stereocenters. The molecule has 0 spiro atoms. The summed E-state index contributed by atoms with van der Waals surface area (Å²) in [6.45, 7) is 0.578. The first-order valence-corrected chi connectivity index (χ1v) is 7.81. The zero-order chi connectivity index (χ0) is 16.6. The smallest absolute Gasteiger partial charge is 0.251 e. The summed E-state index contributed by atoms with van der Waals surface area (Å²) >= 11 is 6.01. The lowest BCUT2D eigenvalue weighted by molar-refractivity contribution is -0.149. The van der Waals surface area contributed by atoms with Gasteiger partial charge in [-0.15, -0.1) is 0 Å². The molecule has 0 radical (unpaired) electrons. The molecule has 3 N–H and O–H groups in total. The number of hydrogen-bond donors (Lipinski definition) is 2. The summed E-state index contributed by atoms with van der Waals surface area (Å²) in [5.74, 6) is -0.949. The van der Waals surface area contributed by atoms with Crippen LogP contribution in [0.1, 0.15) is 12.8 Å². The van der Waals surface area contributed by atoms with Gasteiger partial charge in [0.2, 0.25) is 5.91 Å². The Kier molecular flexibility index (Phi) is 4.04. The van der Waals surface area contributed by atoms with Crippen LogP contribution in [0.2, 0.25) is 5.02 Å². The first-order valence-electron chi connectivity index (χ1n) is 7.43. The third-order valence-corrected chi connectivity index (χ3v) is 4.56. The van der Waals surface area contributed by atoms with Crippen LogP contribution in [0.15, 0.2) is 30.5 Å². The normalized spacial score (nSPS) is 21.6.